The van der Waals surface area contributed by atoms with Gasteiger partial charge in [-0.25, -0.2) is 4.68 Å². The van der Waals surface area contributed by atoms with Crippen molar-refractivity contribution < 1.29 is 4.79 Å². The third-order valence-corrected chi connectivity index (χ3v) is 5.35. The fraction of sp³-hybridized carbons (Fsp3) is 0.100. The zero-order valence-corrected chi connectivity index (χ0v) is 16.0. The highest BCUT2D eigenvalue weighted by atomic mass is 35.5. The first-order chi connectivity index (χ1) is 13.0. The molecule has 4 aromatic rings. The standard InChI is InChI=1S/C20H16Cl2N4O/c1-25-17(11-16(21)19(25)22)20(27)24-18-9-10-23-26(18)12-14-7-4-6-13-5-2-3-8-15(13)14/h2-11H,12H2,1H3,(H,24,27). The van der Waals surface area contributed by atoms with Gasteiger partial charge in [-0.3, -0.25) is 4.79 Å². The number of amides is 1. The average molecular weight is 399 g/mol. The maximum atomic E-state index is 12.6. The smallest absolute Gasteiger partial charge is 0.273 e. The average Bonchev–Trinajstić information content (AvgIpc) is 3.21. The molecule has 27 heavy (non-hydrogen) atoms. The Kier molecular flexibility index (Phi) is 4.64. The molecular weight excluding hydrogens is 383 g/mol. The number of aromatic nitrogens is 3. The summed E-state index contributed by atoms with van der Waals surface area (Å²) in [5, 5.41) is 10.2. The lowest BCUT2D eigenvalue weighted by molar-refractivity contribution is 0.101. The van der Waals surface area contributed by atoms with Gasteiger partial charge in [0, 0.05) is 13.1 Å². The van der Waals surface area contributed by atoms with Crippen molar-refractivity contribution in [3.63, 3.8) is 0 Å². The van der Waals surface area contributed by atoms with Crippen molar-refractivity contribution in [2.24, 2.45) is 7.05 Å². The molecule has 5 nitrogen and oxygen atoms in total. The monoisotopic (exact) mass is 398 g/mol. The molecule has 1 N–H and O–H groups in total. The molecule has 1 amide bonds. The summed E-state index contributed by atoms with van der Waals surface area (Å²) in [6, 6.07) is 17.7. The van der Waals surface area contributed by atoms with Crippen LogP contribution in [0.5, 0.6) is 0 Å². The number of fused-ring (bicyclic) bond motifs is 1. The van der Waals surface area contributed by atoms with Crippen LogP contribution in [0.1, 0.15) is 16.1 Å². The van der Waals surface area contributed by atoms with Crippen LogP contribution in [-0.4, -0.2) is 20.3 Å². The maximum absolute atomic E-state index is 12.6. The van der Waals surface area contributed by atoms with Crippen LogP contribution in [0, 0.1) is 0 Å². The van der Waals surface area contributed by atoms with E-state index in [1.165, 1.54) is 5.39 Å². The van der Waals surface area contributed by atoms with Crippen LogP contribution < -0.4 is 5.32 Å². The molecule has 0 spiro atoms. The first-order valence-corrected chi connectivity index (χ1v) is 9.10. The molecule has 0 atom stereocenters. The highest BCUT2D eigenvalue weighted by Crippen LogP contribution is 2.26. The van der Waals surface area contributed by atoms with E-state index in [-0.39, 0.29) is 5.91 Å². The maximum Gasteiger partial charge on any atom is 0.273 e. The number of halogens is 2. The number of hydrogen-bond donors (Lipinski definition) is 1. The van der Waals surface area contributed by atoms with E-state index >= 15 is 0 Å². The molecule has 0 bridgehead atoms. The van der Waals surface area contributed by atoms with Crippen molar-refractivity contribution >= 4 is 45.7 Å². The van der Waals surface area contributed by atoms with Crippen LogP contribution in [0.3, 0.4) is 0 Å². The summed E-state index contributed by atoms with van der Waals surface area (Å²) < 4.78 is 3.30. The fourth-order valence-corrected chi connectivity index (χ4v) is 3.47. The van der Waals surface area contributed by atoms with Gasteiger partial charge >= 0.3 is 0 Å². The van der Waals surface area contributed by atoms with Crippen LogP contribution in [0.25, 0.3) is 10.8 Å². The molecule has 2 aromatic carbocycles. The van der Waals surface area contributed by atoms with Crippen LogP contribution in [0.4, 0.5) is 5.82 Å². The van der Waals surface area contributed by atoms with E-state index in [0.29, 0.717) is 28.2 Å². The molecule has 0 aliphatic heterocycles. The molecule has 0 radical (unpaired) electrons. The van der Waals surface area contributed by atoms with Crippen LogP contribution >= 0.6 is 23.2 Å². The minimum atomic E-state index is -0.300. The second-order valence-corrected chi connectivity index (χ2v) is 6.96. The van der Waals surface area contributed by atoms with Gasteiger partial charge in [0.2, 0.25) is 0 Å². The first-order valence-electron chi connectivity index (χ1n) is 8.35. The lowest BCUT2D eigenvalue weighted by atomic mass is 10.0. The van der Waals surface area contributed by atoms with Crippen molar-refractivity contribution in [2.45, 2.75) is 6.54 Å². The van der Waals surface area contributed by atoms with Gasteiger partial charge in [-0.1, -0.05) is 65.7 Å². The third-order valence-electron chi connectivity index (χ3n) is 4.51. The summed E-state index contributed by atoms with van der Waals surface area (Å²) in [5.74, 6) is 0.298. The molecule has 0 aliphatic carbocycles. The Balaban J connectivity index is 1.61. The third kappa shape index (κ3) is 3.31. The van der Waals surface area contributed by atoms with E-state index in [4.69, 9.17) is 23.2 Å². The fourth-order valence-electron chi connectivity index (χ4n) is 3.10. The molecule has 2 heterocycles. The van der Waals surface area contributed by atoms with Crippen molar-refractivity contribution in [1.82, 2.24) is 14.3 Å². The second-order valence-electron chi connectivity index (χ2n) is 6.19. The molecule has 0 fully saturated rings. The summed E-state index contributed by atoms with van der Waals surface area (Å²) in [5.41, 5.74) is 1.50. The van der Waals surface area contributed by atoms with Crippen LogP contribution in [-0.2, 0) is 13.6 Å². The van der Waals surface area contributed by atoms with Crippen molar-refractivity contribution in [1.29, 1.82) is 0 Å². The highest BCUT2D eigenvalue weighted by molar-refractivity contribution is 6.42. The normalized spacial score (nSPS) is 11.1. The summed E-state index contributed by atoms with van der Waals surface area (Å²) in [6.45, 7) is 0.540. The van der Waals surface area contributed by atoms with E-state index in [0.717, 1.165) is 10.9 Å². The van der Waals surface area contributed by atoms with E-state index in [1.54, 1.807) is 34.6 Å². The molecule has 2 aromatic heterocycles. The number of anilines is 1. The zero-order chi connectivity index (χ0) is 19.0. The lowest BCUT2D eigenvalue weighted by Crippen LogP contribution is -2.18. The van der Waals surface area contributed by atoms with Gasteiger partial charge in [-0.2, -0.15) is 5.10 Å². The highest BCUT2D eigenvalue weighted by Gasteiger charge is 2.17. The Morgan fingerprint density at radius 1 is 1.11 bits per heavy atom. The molecule has 0 saturated heterocycles. The van der Waals surface area contributed by atoms with Gasteiger partial charge in [-0.05, 0) is 22.4 Å². The second kappa shape index (κ2) is 7.10. The van der Waals surface area contributed by atoms with Gasteiger partial charge in [0.15, 0.2) is 0 Å². The number of rotatable bonds is 4. The predicted octanol–water partition coefficient (Wildman–Crippen LogP) is 4.98. The molecule has 136 valence electrons. The van der Waals surface area contributed by atoms with Crippen LogP contribution in [0.2, 0.25) is 10.2 Å². The lowest BCUT2D eigenvalue weighted by Gasteiger charge is -2.11. The number of carbonyl (C=O) groups is 1. The Morgan fingerprint density at radius 3 is 2.67 bits per heavy atom. The molecule has 0 saturated carbocycles. The zero-order valence-electron chi connectivity index (χ0n) is 14.5. The topological polar surface area (TPSA) is 51.9 Å². The van der Waals surface area contributed by atoms with E-state index < -0.39 is 0 Å². The summed E-state index contributed by atoms with van der Waals surface area (Å²) >= 11 is 12.1. The molecule has 7 heteroatoms. The number of nitrogens with zero attached hydrogens (tertiary/aromatic N) is 3. The predicted molar refractivity (Wildman–Crippen MR) is 109 cm³/mol. The van der Waals surface area contributed by atoms with E-state index in [9.17, 15) is 4.79 Å². The van der Waals surface area contributed by atoms with E-state index in [1.807, 2.05) is 18.2 Å². The summed E-state index contributed by atoms with van der Waals surface area (Å²) in [7, 11) is 1.69. The Bertz CT molecular complexity index is 1140. The summed E-state index contributed by atoms with van der Waals surface area (Å²) in [6.07, 6.45) is 1.66. The number of carbonyl (C=O) groups excluding carboxylic acids is 1. The number of hydrogen-bond acceptors (Lipinski definition) is 2. The SMILES string of the molecule is Cn1c(C(=O)Nc2ccnn2Cc2cccc3ccccc23)cc(Cl)c1Cl. The number of nitrogens with one attached hydrogen (secondary N) is 1. The first kappa shape index (κ1) is 17.6. The van der Waals surface area contributed by atoms with Crippen molar-refractivity contribution in [3.8, 4) is 0 Å². The Morgan fingerprint density at radius 2 is 1.89 bits per heavy atom. The Hall–Kier alpha value is -2.76. The van der Waals surface area contributed by atoms with Gasteiger partial charge in [0.1, 0.15) is 16.7 Å². The minimum absolute atomic E-state index is 0.300. The van der Waals surface area contributed by atoms with Crippen LogP contribution in [0.15, 0.2) is 60.8 Å². The summed E-state index contributed by atoms with van der Waals surface area (Å²) in [4.78, 5) is 12.6. The van der Waals surface area contributed by atoms with Gasteiger partial charge in [0.25, 0.3) is 5.91 Å². The minimum Gasteiger partial charge on any atom is -0.329 e. The largest absolute Gasteiger partial charge is 0.329 e. The van der Waals surface area contributed by atoms with Gasteiger partial charge in [-0.15, -0.1) is 0 Å². The van der Waals surface area contributed by atoms with Gasteiger partial charge < -0.3 is 9.88 Å². The molecule has 0 unspecified atom stereocenters. The molecule has 0 aliphatic rings. The van der Waals surface area contributed by atoms with E-state index in [2.05, 4.69) is 34.7 Å². The number of benzene rings is 2. The van der Waals surface area contributed by atoms with Crippen molar-refractivity contribution in [3.05, 3.63) is 82.2 Å². The molecule has 4 rings (SSSR count). The van der Waals surface area contributed by atoms with Crippen molar-refractivity contribution in [2.75, 3.05) is 5.32 Å². The molecular formula is C20H16Cl2N4O. The Labute approximate surface area is 166 Å². The quantitative estimate of drug-likeness (QED) is 0.526. The van der Waals surface area contributed by atoms with Gasteiger partial charge in [0.05, 0.1) is 17.8 Å².